The zero-order valence-corrected chi connectivity index (χ0v) is 8.82. The quantitative estimate of drug-likeness (QED) is 0.737. The summed E-state index contributed by atoms with van der Waals surface area (Å²) < 4.78 is 5.34. The Hall–Kier alpha value is -0.860. The van der Waals surface area contributed by atoms with Gasteiger partial charge < -0.3 is 9.84 Å². The lowest BCUT2D eigenvalue weighted by Crippen LogP contribution is -2.31. The van der Waals surface area contributed by atoms with Crippen molar-refractivity contribution in [2.75, 3.05) is 7.11 Å². The van der Waals surface area contributed by atoms with Gasteiger partial charge in [-0.2, -0.15) is 0 Å². The molecule has 0 spiro atoms. The van der Waals surface area contributed by atoms with Crippen molar-refractivity contribution in [3.8, 4) is 0 Å². The lowest BCUT2D eigenvalue weighted by molar-refractivity contribution is -0.0307. The van der Waals surface area contributed by atoms with Gasteiger partial charge in [0.1, 0.15) is 6.10 Å². The van der Waals surface area contributed by atoms with Crippen molar-refractivity contribution >= 4 is 0 Å². The molecule has 0 aromatic heterocycles. The molecule has 2 rings (SSSR count). The predicted octanol–water partition coefficient (Wildman–Crippen LogP) is 2.03. The van der Waals surface area contributed by atoms with Crippen LogP contribution in [0.25, 0.3) is 0 Å². The number of aliphatic hydroxyl groups is 1. The van der Waals surface area contributed by atoms with Crippen LogP contribution >= 0.6 is 0 Å². The minimum atomic E-state index is -0.454. The lowest BCUT2D eigenvalue weighted by Gasteiger charge is -2.25. The van der Waals surface area contributed by atoms with Crippen molar-refractivity contribution in [1.29, 1.82) is 0 Å². The number of benzene rings is 1. The molecule has 2 heteroatoms. The van der Waals surface area contributed by atoms with Gasteiger partial charge in [-0.25, -0.2) is 0 Å². The van der Waals surface area contributed by atoms with E-state index >= 15 is 0 Å². The maximum absolute atomic E-state index is 10.1. The van der Waals surface area contributed by atoms with Crippen LogP contribution in [-0.4, -0.2) is 18.3 Å². The summed E-state index contributed by atoms with van der Waals surface area (Å²) in [4.78, 5) is 0. The van der Waals surface area contributed by atoms with Crippen molar-refractivity contribution in [2.24, 2.45) is 0 Å². The van der Waals surface area contributed by atoms with Gasteiger partial charge in [0.15, 0.2) is 0 Å². The first-order valence-electron chi connectivity index (χ1n) is 4.89. The summed E-state index contributed by atoms with van der Waals surface area (Å²) in [5, 5.41) is 10.1. The molecule has 1 N–H and O–H groups in total. The monoisotopic (exact) mass is 192 g/mol. The molecule has 1 aliphatic carbocycles. The first-order valence-corrected chi connectivity index (χ1v) is 4.89. The SMILES string of the molecule is COC1c2ccccc2C(C)(C)C1O. The van der Waals surface area contributed by atoms with Crippen LogP contribution < -0.4 is 0 Å². The van der Waals surface area contributed by atoms with Crippen molar-refractivity contribution < 1.29 is 9.84 Å². The zero-order valence-electron chi connectivity index (χ0n) is 8.82. The Balaban J connectivity index is 2.57. The Bertz CT molecular complexity index is 344. The predicted molar refractivity (Wildman–Crippen MR) is 55.2 cm³/mol. The van der Waals surface area contributed by atoms with E-state index in [4.69, 9.17) is 4.74 Å². The topological polar surface area (TPSA) is 29.5 Å². The Morgan fingerprint density at radius 2 is 1.93 bits per heavy atom. The van der Waals surface area contributed by atoms with Crippen molar-refractivity contribution in [1.82, 2.24) is 0 Å². The van der Waals surface area contributed by atoms with Crippen LogP contribution in [0.4, 0.5) is 0 Å². The highest BCUT2D eigenvalue weighted by Crippen LogP contribution is 2.45. The average Bonchev–Trinajstić information content (AvgIpc) is 2.37. The summed E-state index contributed by atoms with van der Waals surface area (Å²) in [5.74, 6) is 0. The second-order valence-corrected chi connectivity index (χ2v) is 4.41. The number of fused-ring (bicyclic) bond motifs is 1. The van der Waals surface area contributed by atoms with Crippen LogP contribution in [0.2, 0.25) is 0 Å². The summed E-state index contributed by atoms with van der Waals surface area (Å²) in [7, 11) is 1.64. The molecule has 1 aliphatic rings. The maximum Gasteiger partial charge on any atom is 0.109 e. The molecule has 0 fully saturated rings. The first kappa shape index (κ1) is 9.69. The molecule has 76 valence electrons. The summed E-state index contributed by atoms with van der Waals surface area (Å²) in [6, 6.07) is 8.09. The third-order valence-electron chi connectivity index (χ3n) is 3.24. The fraction of sp³-hybridized carbons (Fsp3) is 0.500. The highest BCUT2D eigenvalue weighted by atomic mass is 16.5. The molecule has 0 saturated heterocycles. The van der Waals surface area contributed by atoms with Gasteiger partial charge in [-0.15, -0.1) is 0 Å². The van der Waals surface area contributed by atoms with Gasteiger partial charge in [0.25, 0.3) is 0 Å². The van der Waals surface area contributed by atoms with Crippen LogP contribution in [-0.2, 0) is 10.2 Å². The third kappa shape index (κ3) is 1.11. The summed E-state index contributed by atoms with van der Waals surface area (Å²) in [6.07, 6.45) is -0.633. The molecular formula is C12H16O2. The summed E-state index contributed by atoms with van der Waals surface area (Å²) in [6.45, 7) is 4.10. The fourth-order valence-corrected chi connectivity index (χ4v) is 2.30. The minimum absolute atomic E-state index is 0.179. The van der Waals surface area contributed by atoms with E-state index in [1.807, 2.05) is 18.2 Å². The Kier molecular flexibility index (Phi) is 2.13. The molecule has 14 heavy (non-hydrogen) atoms. The highest BCUT2D eigenvalue weighted by molar-refractivity contribution is 5.42. The van der Waals surface area contributed by atoms with Gasteiger partial charge in [-0.05, 0) is 11.1 Å². The maximum atomic E-state index is 10.1. The molecular weight excluding hydrogens is 176 g/mol. The molecule has 0 bridgehead atoms. The lowest BCUT2D eigenvalue weighted by atomic mass is 9.84. The van der Waals surface area contributed by atoms with Gasteiger partial charge in [0.05, 0.1) is 6.10 Å². The van der Waals surface area contributed by atoms with Crippen molar-refractivity contribution in [3.63, 3.8) is 0 Å². The zero-order chi connectivity index (χ0) is 10.3. The van der Waals surface area contributed by atoms with Gasteiger partial charge in [0.2, 0.25) is 0 Å². The van der Waals surface area contributed by atoms with Gasteiger partial charge in [0, 0.05) is 12.5 Å². The Morgan fingerprint density at radius 1 is 1.29 bits per heavy atom. The van der Waals surface area contributed by atoms with Crippen LogP contribution in [0.5, 0.6) is 0 Å². The number of ether oxygens (including phenoxy) is 1. The molecule has 0 aliphatic heterocycles. The van der Waals surface area contributed by atoms with E-state index in [-0.39, 0.29) is 11.5 Å². The molecule has 0 saturated carbocycles. The second kappa shape index (κ2) is 3.07. The number of hydrogen-bond acceptors (Lipinski definition) is 2. The molecule has 2 unspecified atom stereocenters. The van der Waals surface area contributed by atoms with E-state index in [0.29, 0.717) is 0 Å². The standard InChI is InChI=1S/C12H16O2/c1-12(2)9-7-5-4-6-8(9)10(14-3)11(12)13/h4-7,10-11,13H,1-3H3. The van der Waals surface area contributed by atoms with Gasteiger partial charge in [-0.1, -0.05) is 38.1 Å². The van der Waals surface area contributed by atoms with Crippen LogP contribution in [0.15, 0.2) is 24.3 Å². The Labute approximate surface area is 84.5 Å². The fourth-order valence-electron chi connectivity index (χ4n) is 2.30. The molecule has 2 atom stereocenters. The largest absolute Gasteiger partial charge is 0.389 e. The summed E-state index contributed by atoms with van der Waals surface area (Å²) in [5.41, 5.74) is 2.10. The van der Waals surface area contributed by atoms with Crippen LogP contribution in [0, 0.1) is 0 Å². The van der Waals surface area contributed by atoms with Crippen LogP contribution in [0.3, 0.4) is 0 Å². The van der Waals surface area contributed by atoms with E-state index in [2.05, 4.69) is 19.9 Å². The molecule has 0 radical (unpaired) electrons. The number of hydrogen-bond donors (Lipinski definition) is 1. The number of methoxy groups -OCH3 is 1. The van der Waals surface area contributed by atoms with E-state index in [0.717, 1.165) is 5.56 Å². The van der Waals surface area contributed by atoms with E-state index in [1.54, 1.807) is 7.11 Å². The first-order chi connectivity index (χ1) is 6.59. The molecule has 2 nitrogen and oxygen atoms in total. The molecule has 0 heterocycles. The van der Waals surface area contributed by atoms with Crippen molar-refractivity contribution in [3.05, 3.63) is 35.4 Å². The second-order valence-electron chi connectivity index (χ2n) is 4.41. The smallest absolute Gasteiger partial charge is 0.109 e. The van der Waals surface area contributed by atoms with E-state index in [1.165, 1.54) is 5.56 Å². The average molecular weight is 192 g/mol. The van der Waals surface area contributed by atoms with Crippen molar-refractivity contribution in [2.45, 2.75) is 31.5 Å². The van der Waals surface area contributed by atoms with Gasteiger partial charge >= 0.3 is 0 Å². The minimum Gasteiger partial charge on any atom is -0.389 e. The Morgan fingerprint density at radius 3 is 2.57 bits per heavy atom. The number of rotatable bonds is 1. The number of aliphatic hydroxyl groups excluding tert-OH is 1. The summed E-state index contributed by atoms with van der Waals surface area (Å²) >= 11 is 0. The molecule has 1 aromatic carbocycles. The third-order valence-corrected chi connectivity index (χ3v) is 3.24. The van der Waals surface area contributed by atoms with Crippen LogP contribution in [0.1, 0.15) is 31.1 Å². The van der Waals surface area contributed by atoms with Gasteiger partial charge in [-0.3, -0.25) is 0 Å². The van der Waals surface area contributed by atoms with E-state index < -0.39 is 6.10 Å². The highest BCUT2D eigenvalue weighted by Gasteiger charge is 2.45. The molecule has 1 aromatic rings. The molecule has 0 amide bonds. The normalized spacial score (nSPS) is 28.9. The van der Waals surface area contributed by atoms with E-state index in [9.17, 15) is 5.11 Å².